The fourth-order valence-corrected chi connectivity index (χ4v) is 1.50. The van der Waals surface area contributed by atoms with Gasteiger partial charge in [0.15, 0.2) is 0 Å². The Hall–Kier alpha value is -1.49. The van der Waals surface area contributed by atoms with Crippen LogP contribution >= 0.6 is 0 Å². The molecule has 0 amide bonds. The number of hydrogen-bond acceptors (Lipinski definition) is 2. The summed E-state index contributed by atoms with van der Waals surface area (Å²) in [6.45, 7) is 6.08. The lowest BCUT2D eigenvalue weighted by molar-refractivity contribution is -0.274. The van der Waals surface area contributed by atoms with E-state index >= 15 is 0 Å². The van der Waals surface area contributed by atoms with E-state index in [-0.39, 0.29) is 11.2 Å². The van der Waals surface area contributed by atoms with Gasteiger partial charge in [-0.15, -0.1) is 19.8 Å². The van der Waals surface area contributed by atoms with Crippen LogP contribution in [-0.2, 0) is 6.42 Å². The molecule has 0 saturated carbocycles. The third-order valence-electron chi connectivity index (χ3n) is 2.72. The van der Waals surface area contributed by atoms with E-state index in [1.54, 1.807) is 18.2 Å². The molecule has 1 aromatic carbocycles. The first-order valence-corrected chi connectivity index (χ1v) is 5.46. The van der Waals surface area contributed by atoms with Crippen molar-refractivity contribution in [2.45, 2.75) is 19.7 Å². The van der Waals surface area contributed by atoms with E-state index in [2.05, 4.69) is 11.3 Å². The summed E-state index contributed by atoms with van der Waals surface area (Å²) in [6, 6.07) is 5.78. The fraction of sp³-hybridized carbons (Fsp3) is 0.385. The summed E-state index contributed by atoms with van der Waals surface area (Å²) in [6.07, 6.45) is -2.28. The van der Waals surface area contributed by atoms with Gasteiger partial charge in [0.2, 0.25) is 0 Å². The number of ether oxygens (including phenoxy) is 1. The minimum absolute atomic E-state index is 0.223. The molecule has 0 aromatic heterocycles. The van der Waals surface area contributed by atoms with Gasteiger partial charge in [0, 0.05) is 12.0 Å². The average Bonchev–Trinajstić information content (AvgIpc) is 2.30. The predicted molar refractivity (Wildman–Crippen MR) is 64.2 cm³/mol. The van der Waals surface area contributed by atoms with Gasteiger partial charge in [-0.25, -0.2) is 0 Å². The molecule has 0 aliphatic heterocycles. The molecule has 18 heavy (non-hydrogen) atoms. The summed E-state index contributed by atoms with van der Waals surface area (Å²) in [5.74, 6) is -0.223. The lowest BCUT2D eigenvalue weighted by Gasteiger charge is -2.23. The second kappa shape index (κ2) is 5.44. The molecule has 100 valence electrons. The van der Waals surface area contributed by atoms with Crippen molar-refractivity contribution < 1.29 is 17.9 Å². The highest BCUT2D eigenvalue weighted by Crippen LogP contribution is 2.26. The highest BCUT2D eigenvalue weighted by Gasteiger charge is 2.31. The van der Waals surface area contributed by atoms with Gasteiger partial charge in [-0.1, -0.05) is 25.1 Å². The number of nitrogens with two attached hydrogens (primary N) is 1. The third-order valence-corrected chi connectivity index (χ3v) is 2.72. The molecule has 1 rings (SSSR count). The van der Waals surface area contributed by atoms with Crippen molar-refractivity contribution in [2.24, 2.45) is 11.1 Å². The molecule has 1 unspecified atom stereocenters. The maximum atomic E-state index is 12.0. The zero-order valence-electron chi connectivity index (χ0n) is 10.1. The average molecular weight is 259 g/mol. The van der Waals surface area contributed by atoms with Crippen LogP contribution in [0.5, 0.6) is 5.75 Å². The molecule has 0 fully saturated rings. The Morgan fingerprint density at radius 1 is 1.28 bits per heavy atom. The summed E-state index contributed by atoms with van der Waals surface area (Å²) in [7, 11) is 0. The van der Waals surface area contributed by atoms with Crippen molar-refractivity contribution in [2.75, 3.05) is 6.54 Å². The van der Waals surface area contributed by atoms with Gasteiger partial charge in [0.05, 0.1) is 0 Å². The minimum atomic E-state index is -4.66. The maximum Gasteiger partial charge on any atom is 0.573 e. The van der Waals surface area contributed by atoms with Crippen molar-refractivity contribution in [3.05, 3.63) is 42.5 Å². The molecule has 0 aliphatic carbocycles. The van der Waals surface area contributed by atoms with Crippen LogP contribution in [0.15, 0.2) is 36.9 Å². The van der Waals surface area contributed by atoms with Gasteiger partial charge < -0.3 is 10.5 Å². The molecule has 0 spiro atoms. The Balaban J connectivity index is 2.74. The Morgan fingerprint density at radius 2 is 1.83 bits per heavy atom. The molecular formula is C13H16F3NO. The first-order valence-electron chi connectivity index (χ1n) is 5.46. The quantitative estimate of drug-likeness (QED) is 0.824. The Labute approximate surface area is 104 Å². The van der Waals surface area contributed by atoms with E-state index in [9.17, 15) is 13.2 Å². The number of hydrogen-bond donors (Lipinski definition) is 1. The molecule has 0 radical (unpaired) electrons. The van der Waals surface area contributed by atoms with Crippen LogP contribution in [-0.4, -0.2) is 12.9 Å². The molecule has 2 nitrogen and oxygen atoms in total. The number of halogens is 3. The molecular weight excluding hydrogens is 243 g/mol. The SMILES string of the molecule is C=CC(C)(CN)Cc1ccc(OC(F)(F)F)cc1. The smallest absolute Gasteiger partial charge is 0.406 e. The van der Waals surface area contributed by atoms with Gasteiger partial charge in [-0.2, -0.15) is 0 Å². The first-order chi connectivity index (χ1) is 8.28. The number of benzene rings is 1. The zero-order chi connectivity index (χ0) is 13.8. The molecule has 0 bridgehead atoms. The van der Waals surface area contributed by atoms with E-state index in [1.807, 2.05) is 6.92 Å². The van der Waals surface area contributed by atoms with Gasteiger partial charge in [-0.3, -0.25) is 0 Å². The largest absolute Gasteiger partial charge is 0.573 e. The van der Waals surface area contributed by atoms with Gasteiger partial charge in [0.25, 0.3) is 0 Å². The normalized spacial score (nSPS) is 14.9. The van der Waals surface area contributed by atoms with Crippen LogP contribution in [0.1, 0.15) is 12.5 Å². The van der Waals surface area contributed by atoms with Crippen molar-refractivity contribution in [3.63, 3.8) is 0 Å². The Kier molecular flexibility index (Phi) is 4.40. The monoisotopic (exact) mass is 259 g/mol. The van der Waals surface area contributed by atoms with Crippen molar-refractivity contribution >= 4 is 0 Å². The summed E-state index contributed by atoms with van der Waals surface area (Å²) >= 11 is 0. The first kappa shape index (κ1) is 14.6. The van der Waals surface area contributed by atoms with E-state index in [0.717, 1.165) is 5.56 Å². The second-order valence-corrected chi connectivity index (χ2v) is 4.43. The van der Waals surface area contributed by atoms with Crippen LogP contribution in [0.25, 0.3) is 0 Å². The highest BCUT2D eigenvalue weighted by molar-refractivity contribution is 5.28. The van der Waals surface area contributed by atoms with Gasteiger partial charge in [0.1, 0.15) is 5.75 Å². The summed E-state index contributed by atoms with van der Waals surface area (Å²) in [4.78, 5) is 0. The van der Waals surface area contributed by atoms with Crippen LogP contribution < -0.4 is 10.5 Å². The third kappa shape index (κ3) is 4.41. The number of alkyl halides is 3. The van der Waals surface area contributed by atoms with E-state index in [1.165, 1.54) is 12.1 Å². The minimum Gasteiger partial charge on any atom is -0.406 e. The molecule has 0 heterocycles. The summed E-state index contributed by atoms with van der Waals surface area (Å²) in [5.41, 5.74) is 6.26. The standard InChI is InChI=1S/C13H16F3NO/c1-3-12(2,9-17)8-10-4-6-11(7-5-10)18-13(14,15)16/h3-7H,1,8-9,17H2,2H3. The molecule has 2 N–H and O–H groups in total. The molecule has 0 aliphatic rings. The van der Waals surface area contributed by atoms with E-state index in [4.69, 9.17) is 5.73 Å². The molecule has 1 aromatic rings. The van der Waals surface area contributed by atoms with E-state index < -0.39 is 6.36 Å². The highest BCUT2D eigenvalue weighted by atomic mass is 19.4. The van der Waals surface area contributed by atoms with Crippen molar-refractivity contribution in [1.29, 1.82) is 0 Å². The topological polar surface area (TPSA) is 35.2 Å². The van der Waals surface area contributed by atoms with Gasteiger partial charge >= 0.3 is 6.36 Å². The zero-order valence-corrected chi connectivity index (χ0v) is 10.1. The van der Waals surface area contributed by atoms with Crippen molar-refractivity contribution in [1.82, 2.24) is 0 Å². The summed E-state index contributed by atoms with van der Waals surface area (Å²) in [5, 5.41) is 0. The molecule has 0 saturated heterocycles. The summed E-state index contributed by atoms with van der Waals surface area (Å²) < 4.78 is 39.7. The van der Waals surface area contributed by atoms with E-state index in [0.29, 0.717) is 13.0 Å². The fourth-order valence-electron chi connectivity index (χ4n) is 1.50. The molecule has 5 heteroatoms. The molecule has 1 atom stereocenters. The van der Waals surface area contributed by atoms with Crippen LogP contribution in [0.2, 0.25) is 0 Å². The predicted octanol–water partition coefficient (Wildman–Crippen LogP) is 3.28. The second-order valence-electron chi connectivity index (χ2n) is 4.43. The van der Waals surface area contributed by atoms with Crippen LogP contribution in [0.4, 0.5) is 13.2 Å². The van der Waals surface area contributed by atoms with Crippen LogP contribution in [0.3, 0.4) is 0 Å². The Morgan fingerprint density at radius 3 is 2.22 bits per heavy atom. The van der Waals surface area contributed by atoms with Crippen LogP contribution in [0, 0.1) is 5.41 Å². The van der Waals surface area contributed by atoms with Crippen molar-refractivity contribution in [3.8, 4) is 5.75 Å². The Bertz CT molecular complexity index is 400. The maximum absolute atomic E-state index is 12.0. The number of rotatable bonds is 5. The lowest BCUT2D eigenvalue weighted by Crippen LogP contribution is -2.27. The van der Waals surface area contributed by atoms with Gasteiger partial charge in [-0.05, 0) is 24.1 Å². The lowest BCUT2D eigenvalue weighted by atomic mass is 9.84.